The molecule has 1 saturated carbocycles. The Balaban J connectivity index is 1.81. The first-order chi connectivity index (χ1) is 7.57. The first kappa shape index (κ1) is 11.6. The lowest BCUT2D eigenvalue weighted by molar-refractivity contribution is 0.497. The molecule has 0 amide bonds. The lowest BCUT2D eigenvalue weighted by Gasteiger charge is -2.20. The summed E-state index contributed by atoms with van der Waals surface area (Å²) in [7, 11) is 0. The Labute approximate surface area is 98.3 Å². The Bertz CT molecular complexity index is 331. The summed E-state index contributed by atoms with van der Waals surface area (Å²) in [5.41, 5.74) is 1.53. The maximum absolute atomic E-state index is 4.26. The number of rotatable bonds is 5. The average Bonchev–Trinajstić information content (AvgIpc) is 2.88. The molecule has 1 aromatic heterocycles. The molecule has 0 aliphatic heterocycles. The first-order valence-electron chi connectivity index (χ1n) is 6.31. The molecule has 1 aliphatic rings. The highest BCUT2D eigenvalue weighted by Gasteiger charge is 2.20. The van der Waals surface area contributed by atoms with Gasteiger partial charge in [-0.05, 0) is 25.8 Å². The van der Waals surface area contributed by atoms with Gasteiger partial charge < -0.3 is 9.88 Å². The summed E-state index contributed by atoms with van der Waals surface area (Å²) >= 11 is 0. The molecule has 1 fully saturated rings. The topological polar surface area (TPSA) is 29.9 Å². The summed E-state index contributed by atoms with van der Waals surface area (Å²) in [5, 5.41) is 3.54. The smallest absolute Gasteiger partial charge is 0.0948 e. The summed E-state index contributed by atoms with van der Waals surface area (Å²) in [6.07, 6.45) is 7.89. The normalized spacial score (nSPS) is 16.7. The molecule has 0 aromatic carbocycles. The molecule has 16 heavy (non-hydrogen) atoms. The highest BCUT2D eigenvalue weighted by atomic mass is 15.1. The van der Waals surface area contributed by atoms with Crippen LogP contribution in [0.25, 0.3) is 0 Å². The van der Waals surface area contributed by atoms with Gasteiger partial charge in [0.05, 0.1) is 6.33 Å². The number of nitrogens with one attached hydrogen (secondary N) is 1. The second-order valence-electron chi connectivity index (χ2n) is 5.80. The zero-order valence-electron chi connectivity index (χ0n) is 10.7. The van der Waals surface area contributed by atoms with Crippen LogP contribution in [0.3, 0.4) is 0 Å². The highest BCUT2D eigenvalue weighted by Crippen LogP contribution is 2.22. The minimum atomic E-state index is 0.195. The lowest BCUT2D eigenvalue weighted by Crippen LogP contribution is -2.21. The van der Waals surface area contributed by atoms with Crippen molar-refractivity contribution in [3.8, 4) is 0 Å². The summed E-state index contributed by atoms with van der Waals surface area (Å²) < 4.78 is 2.29. The van der Waals surface area contributed by atoms with E-state index in [2.05, 4.69) is 35.6 Å². The van der Waals surface area contributed by atoms with Crippen molar-refractivity contribution < 1.29 is 0 Å². The highest BCUT2D eigenvalue weighted by molar-refractivity contribution is 5.10. The molecule has 2 rings (SSSR count). The van der Waals surface area contributed by atoms with Crippen LogP contribution in [-0.4, -0.2) is 22.1 Å². The van der Waals surface area contributed by atoms with Crippen molar-refractivity contribution >= 4 is 0 Å². The molecule has 0 spiro atoms. The molecule has 1 heterocycles. The monoisotopic (exact) mass is 221 g/mol. The van der Waals surface area contributed by atoms with Gasteiger partial charge in [-0.1, -0.05) is 20.8 Å². The predicted octanol–water partition coefficient (Wildman–Crippen LogP) is 2.32. The van der Waals surface area contributed by atoms with Crippen molar-refractivity contribution in [1.82, 2.24) is 14.9 Å². The zero-order valence-corrected chi connectivity index (χ0v) is 10.7. The van der Waals surface area contributed by atoms with Gasteiger partial charge in [0.25, 0.3) is 0 Å². The van der Waals surface area contributed by atoms with Gasteiger partial charge in [0.15, 0.2) is 0 Å². The Morgan fingerprint density at radius 1 is 1.44 bits per heavy atom. The number of hydrogen-bond donors (Lipinski definition) is 1. The fourth-order valence-corrected chi connectivity index (χ4v) is 1.97. The van der Waals surface area contributed by atoms with Crippen LogP contribution in [0.2, 0.25) is 0 Å². The molecule has 1 aromatic rings. The molecule has 0 unspecified atom stereocenters. The fourth-order valence-electron chi connectivity index (χ4n) is 1.97. The van der Waals surface area contributed by atoms with E-state index in [4.69, 9.17) is 0 Å². The van der Waals surface area contributed by atoms with E-state index < -0.39 is 0 Å². The van der Waals surface area contributed by atoms with Gasteiger partial charge in [0.2, 0.25) is 0 Å². The van der Waals surface area contributed by atoms with Gasteiger partial charge in [0.1, 0.15) is 0 Å². The van der Waals surface area contributed by atoms with Crippen LogP contribution < -0.4 is 5.32 Å². The van der Waals surface area contributed by atoms with Gasteiger partial charge >= 0.3 is 0 Å². The molecular weight excluding hydrogens is 198 g/mol. The summed E-state index contributed by atoms with van der Waals surface area (Å²) in [6.45, 7) is 8.92. The van der Waals surface area contributed by atoms with Crippen LogP contribution in [0.15, 0.2) is 12.5 Å². The Morgan fingerprint density at radius 3 is 2.81 bits per heavy atom. The van der Waals surface area contributed by atoms with E-state index >= 15 is 0 Å². The van der Waals surface area contributed by atoms with Crippen LogP contribution in [0, 0.1) is 0 Å². The summed E-state index contributed by atoms with van der Waals surface area (Å²) in [5.74, 6) is 0. The van der Waals surface area contributed by atoms with Crippen LogP contribution in [0.1, 0.15) is 45.7 Å². The molecule has 0 bridgehead atoms. The second-order valence-corrected chi connectivity index (χ2v) is 5.80. The fraction of sp³-hybridized carbons (Fsp3) is 0.769. The van der Waals surface area contributed by atoms with E-state index in [0.29, 0.717) is 0 Å². The predicted molar refractivity (Wildman–Crippen MR) is 66.6 cm³/mol. The van der Waals surface area contributed by atoms with Gasteiger partial charge in [-0.2, -0.15) is 0 Å². The second kappa shape index (κ2) is 4.58. The van der Waals surface area contributed by atoms with Crippen LogP contribution in [-0.2, 0) is 12.0 Å². The number of aryl methyl sites for hydroxylation is 1. The molecular formula is C13H23N3. The third-order valence-corrected chi connectivity index (χ3v) is 3.07. The van der Waals surface area contributed by atoms with E-state index in [1.807, 2.05) is 12.5 Å². The van der Waals surface area contributed by atoms with Crippen LogP contribution in [0.4, 0.5) is 0 Å². The van der Waals surface area contributed by atoms with E-state index in [9.17, 15) is 0 Å². The van der Waals surface area contributed by atoms with Crippen LogP contribution >= 0.6 is 0 Å². The Hall–Kier alpha value is -0.830. The van der Waals surface area contributed by atoms with E-state index in [1.165, 1.54) is 25.0 Å². The molecule has 0 atom stereocenters. The quantitative estimate of drug-likeness (QED) is 0.773. The lowest BCUT2D eigenvalue weighted by atomic mass is 9.92. The average molecular weight is 221 g/mol. The molecule has 1 aliphatic carbocycles. The molecule has 3 heteroatoms. The third kappa shape index (κ3) is 3.08. The van der Waals surface area contributed by atoms with E-state index in [-0.39, 0.29) is 5.41 Å². The standard InChI is InChI=1S/C13H23N3/c1-13(2,3)12-9-14-10-16(12)8-4-7-15-11-5-6-11/h9-11,15H,4-8H2,1-3H3. The van der Waals surface area contributed by atoms with Gasteiger partial charge in [-0.3, -0.25) is 0 Å². The van der Waals surface area contributed by atoms with Crippen molar-refractivity contribution in [3.05, 3.63) is 18.2 Å². The number of imidazole rings is 1. The largest absolute Gasteiger partial charge is 0.334 e. The first-order valence-corrected chi connectivity index (χ1v) is 6.31. The Kier molecular flexibility index (Phi) is 3.33. The molecule has 0 saturated heterocycles. The van der Waals surface area contributed by atoms with E-state index in [0.717, 1.165) is 19.1 Å². The number of aromatic nitrogens is 2. The van der Waals surface area contributed by atoms with E-state index in [1.54, 1.807) is 0 Å². The van der Waals surface area contributed by atoms with Crippen molar-refractivity contribution in [3.63, 3.8) is 0 Å². The van der Waals surface area contributed by atoms with Gasteiger partial charge in [0, 0.05) is 29.9 Å². The maximum Gasteiger partial charge on any atom is 0.0948 e. The molecule has 3 nitrogen and oxygen atoms in total. The zero-order chi connectivity index (χ0) is 11.6. The molecule has 1 N–H and O–H groups in total. The number of nitrogens with zero attached hydrogens (tertiary/aromatic N) is 2. The Morgan fingerprint density at radius 2 is 2.19 bits per heavy atom. The minimum Gasteiger partial charge on any atom is -0.334 e. The van der Waals surface area contributed by atoms with Gasteiger partial charge in [-0.25, -0.2) is 4.98 Å². The summed E-state index contributed by atoms with van der Waals surface area (Å²) in [4.78, 5) is 4.26. The SMILES string of the molecule is CC(C)(C)c1cncn1CCCNC1CC1. The minimum absolute atomic E-state index is 0.195. The van der Waals surface area contributed by atoms with Crippen molar-refractivity contribution in [2.24, 2.45) is 0 Å². The van der Waals surface area contributed by atoms with Gasteiger partial charge in [-0.15, -0.1) is 0 Å². The molecule has 0 radical (unpaired) electrons. The van der Waals surface area contributed by atoms with Crippen molar-refractivity contribution in [2.45, 2.75) is 58.0 Å². The van der Waals surface area contributed by atoms with Crippen LogP contribution in [0.5, 0.6) is 0 Å². The maximum atomic E-state index is 4.26. The molecule has 90 valence electrons. The summed E-state index contributed by atoms with van der Waals surface area (Å²) in [6, 6.07) is 0.824. The van der Waals surface area contributed by atoms with Crippen molar-refractivity contribution in [1.29, 1.82) is 0 Å². The van der Waals surface area contributed by atoms with Crippen molar-refractivity contribution in [2.75, 3.05) is 6.54 Å². The third-order valence-electron chi connectivity index (χ3n) is 3.07. The number of hydrogen-bond acceptors (Lipinski definition) is 2.